The number of nitrogens with zero attached hydrogens (tertiary/aromatic N) is 1. The normalized spacial score (nSPS) is 25.5. The number of carbonyl (C=O) groups excluding carboxylic acids is 1. The van der Waals surface area contributed by atoms with Crippen LogP contribution in [-0.4, -0.2) is 35.5 Å². The van der Waals surface area contributed by atoms with Crippen molar-refractivity contribution >= 4 is 11.9 Å². The van der Waals surface area contributed by atoms with Gasteiger partial charge in [0.2, 0.25) is 5.91 Å². The van der Waals surface area contributed by atoms with E-state index in [1.54, 1.807) is 7.05 Å². The van der Waals surface area contributed by atoms with Crippen LogP contribution < -0.4 is 0 Å². The van der Waals surface area contributed by atoms with Crippen molar-refractivity contribution in [1.29, 1.82) is 0 Å². The number of rotatable bonds is 1. The fraction of sp³-hybridized carbons (Fsp3) is 0.667. The van der Waals surface area contributed by atoms with Crippen LogP contribution in [0.2, 0.25) is 0 Å². The van der Waals surface area contributed by atoms with Crippen molar-refractivity contribution < 1.29 is 14.7 Å². The molecule has 1 atom stereocenters. The van der Waals surface area contributed by atoms with E-state index in [1.165, 1.54) is 4.90 Å². The Labute approximate surface area is 58.4 Å². The summed E-state index contributed by atoms with van der Waals surface area (Å²) in [6.45, 7) is 0.355. The molecular weight excluding hydrogens is 134 g/mol. The minimum atomic E-state index is -0.877. The summed E-state index contributed by atoms with van der Waals surface area (Å²) in [6.07, 6.45) is 0.159. The fourth-order valence-corrected chi connectivity index (χ4v) is 1.03. The molecule has 1 fully saturated rings. The van der Waals surface area contributed by atoms with Crippen LogP contribution >= 0.6 is 0 Å². The van der Waals surface area contributed by atoms with Crippen LogP contribution in [0.3, 0.4) is 0 Å². The third-order valence-electron chi connectivity index (χ3n) is 1.69. The summed E-state index contributed by atoms with van der Waals surface area (Å²) >= 11 is 0. The minimum Gasteiger partial charge on any atom is -0.481 e. The van der Waals surface area contributed by atoms with Gasteiger partial charge in [0.1, 0.15) is 0 Å². The first-order valence-corrected chi connectivity index (χ1v) is 3.08. The maximum Gasteiger partial charge on any atom is 0.308 e. The predicted molar refractivity (Wildman–Crippen MR) is 33.4 cm³/mol. The van der Waals surface area contributed by atoms with E-state index in [0.29, 0.717) is 6.54 Å². The molecule has 0 aromatic heterocycles. The van der Waals surface area contributed by atoms with Gasteiger partial charge >= 0.3 is 5.97 Å². The second-order valence-corrected chi connectivity index (χ2v) is 2.51. The molecule has 1 saturated heterocycles. The first-order valence-electron chi connectivity index (χ1n) is 3.08. The number of aliphatic carboxylic acids is 1. The average molecular weight is 143 g/mol. The van der Waals surface area contributed by atoms with Crippen LogP contribution in [0.4, 0.5) is 0 Å². The Hall–Kier alpha value is -1.06. The summed E-state index contributed by atoms with van der Waals surface area (Å²) in [5, 5.41) is 8.47. The first-order chi connectivity index (χ1) is 4.61. The zero-order valence-electron chi connectivity index (χ0n) is 5.70. The van der Waals surface area contributed by atoms with Crippen LogP contribution in [0.1, 0.15) is 6.42 Å². The summed E-state index contributed by atoms with van der Waals surface area (Å²) in [5.74, 6) is -1.44. The second-order valence-electron chi connectivity index (χ2n) is 2.51. The summed E-state index contributed by atoms with van der Waals surface area (Å²) in [7, 11) is 1.62. The molecule has 1 heterocycles. The topological polar surface area (TPSA) is 57.6 Å². The summed E-state index contributed by atoms with van der Waals surface area (Å²) in [5.41, 5.74) is 0. The summed E-state index contributed by atoms with van der Waals surface area (Å²) < 4.78 is 0. The second kappa shape index (κ2) is 2.28. The molecule has 0 unspecified atom stereocenters. The molecule has 1 amide bonds. The van der Waals surface area contributed by atoms with Gasteiger partial charge in [0.05, 0.1) is 5.92 Å². The highest BCUT2D eigenvalue weighted by molar-refractivity contribution is 5.85. The number of likely N-dealkylation sites (tertiary alicyclic amines) is 1. The van der Waals surface area contributed by atoms with E-state index >= 15 is 0 Å². The van der Waals surface area contributed by atoms with Gasteiger partial charge < -0.3 is 10.0 Å². The maximum absolute atomic E-state index is 10.8. The molecule has 56 valence electrons. The van der Waals surface area contributed by atoms with Crippen molar-refractivity contribution in [3.05, 3.63) is 0 Å². The van der Waals surface area contributed by atoms with Gasteiger partial charge in [-0.3, -0.25) is 9.59 Å². The van der Waals surface area contributed by atoms with Gasteiger partial charge in [-0.05, 0) is 0 Å². The molecule has 0 saturated carbocycles. The molecule has 0 bridgehead atoms. The lowest BCUT2D eigenvalue weighted by Gasteiger charge is -2.05. The van der Waals surface area contributed by atoms with Crippen molar-refractivity contribution in [3.8, 4) is 0 Å². The van der Waals surface area contributed by atoms with E-state index < -0.39 is 11.9 Å². The Morgan fingerprint density at radius 1 is 1.80 bits per heavy atom. The molecule has 0 aromatic rings. The van der Waals surface area contributed by atoms with Gasteiger partial charge in [0.15, 0.2) is 0 Å². The van der Waals surface area contributed by atoms with Crippen LogP contribution in [0.5, 0.6) is 0 Å². The van der Waals surface area contributed by atoms with Gasteiger partial charge in [-0.25, -0.2) is 0 Å². The Morgan fingerprint density at radius 2 is 2.40 bits per heavy atom. The lowest BCUT2D eigenvalue weighted by molar-refractivity contribution is -0.141. The molecule has 1 aliphatic rings. The monoisotopic (exact) mass is 143 g/mol. The molecule has 0 spiro atoms. The number of carbonyl (C=O) groups is 2. The van der Waals surface area contributed by atoms with Gasteiger partial charge in [-0.1, -0.05) is 0 Å². The number of hydrogen-bond donors (Lipinski definition) is 1. The smallest absolute Gasteiger partial charge is 0.308 e. The van der Waals surface area contributed by atoms with E-state index in [4.69, 9.17) is 5.11 Å². The third-order valence-corrected chi connectivity index (χ3v) is 1.69. The first kappa shape index (κ1) is 7.05. The molecule has 1 aliphatic heterocycles. The molecule has 4 nitrogen and oxygen atoms in total. The van der Waals surface area contributed by atoms with Gasteiger partial charge in [-0.2, -0.15) is 0 Å². The Morgan fingerprint density at radius 3 is 2.60 bits per heavy atom. The van der Waals surface area contributed by atoms with E-state index in [-0.39, 0.29) is 12.3 Å². The molecule has 0 radical (unpaired) electrons. The molecular formula is C6H9NO3. The van der Waals surface area contributed by atoms with Crippen molar-refractivity contribution in [1.82, 2.24) is 4.90 Å². The van der Waals surface area contributed by atoms with E-state index in [0.717, 1.165) is 0 Å². The zero-order chi connectivity index (χ0) is 7.72. The SMILES string of the molecule is CN1C[C@H](C(=O)O)CC1=O. The van der Waals surface area contributed by atoms with E-state index in [2.05, 4.69) is 0 Å². The standard InChI is InChI=1S/C6H9NO3/c1-7-3-4(6(9)10)2-5(7)8/h4H,2-3H2,1H3,(H,9,10)/t4-/m1/s1. The van der Waals surface area contributed by atoms with Crippen molar-refractivity contribution in [2.24, 2.45) is 5.92 Å². The number of amides is 1. The average Bonchev–Trinajstić information content (AvgIpc) is 2.13. The number of carboxylic acids is 1. The number of hydrogen-bond acceptors (Lipinski definition) is 2. The van der Waals surface area contributed by atoms with Gasteiger partial charge in [0, 0.05) is 20.0 Å². The Bertz CT molecular complexity index is 178. The molecule has 0 aromatic carbocycles. The molecule has 0 aliphatic carbocycles. The Kier molecular flexibility index (Phi) is 1.61. The highest BCUT2D eigenvalue weighted by Gasteiger charge is 2.31. The summed E-state index contributed by atoms with van der Waals surface area (Å²) in [4.78, 5) is 22.5. The molecule has 4 heteroatoms. The maximum atomic E-state index is 10.8. The number of carboxylic acid groups (broad SMARTS) is 1. The quantitative estimate of drug-likeness (QED) is 0.540. The zero-order valence-corrected chi connectivity index (χ0v) is 5.70. The highest BCUT2D eigenvalue weighted by Crippen LogP contribution is 2.15. The van der Waals surface area contributed by atoms with Crippen LogP contribution in [-0.2, 0) is 9.59 Å². The van der Waals surface area contributed by atoms with E-state index in [1.807, 2.05) is 0 Å². The van der Waals surface area contributed by atoms with Crippen molar-refractivity contribution in [2.45, 2.75) is 6.42 Å². The van der Waals surface area contributed by atoms with Crippen LogP contribution in [0.25, 0.3) is 0 Å². The Balaban J connectivity index is 2.57. The van der Waals surface area contributed by atoms with Gasteiger partial charge in [-0.15, -0.1) is 0 Å². The molecule has 1 N–H and O–H groups in total. The van der Waals surface area contributed by atoms with Crippen molar-refractivity contribution in [2.75, 3.05) is 13.6 Å². The summed E-state index contributed by atoms with van der Waals surface area (Å²) in [6, 6.07) is 0. The van der Waals surface area contributed by atoms with Gasteiger partial charge in [0.25, 0.3) is 0 Å². The largest absolute Gasteiger partial charge is 0.481 e. The molecule has 10 heavy (non-hydrogen) atoms. The van der Waals surface area contributed by atoms with Crippen LogP contribution in [0.15, 0.2) is 0 Å². The van der Waals surface area contributed by atoms with Crippen LogP contribution in [0, 0.1) is 5.92 Å². The minimum absolute atomic E-state index is 0.0765. The van der Waals surface area contributed by atoms with E-state index in [9.17, 15) is 9.59 Å². The van der Waals surface area contributed by atoms with Crippen molar-refractivity contribution in [3.63, 3.8) is 0 Å². The third kappa shape index (κ3) is 1.10. The lowest BCUT2D eigenvalue weighted by Crippen LogP contribution is -2.20. The lowest BCUT2D eigenvalue weighted by atomic mass is 10.1. The highest BCUT2D eigenvalue weighted by atomic mass is 16.4. The fourth-order valence-electron chi connectivity index (χ4n) is 1.03. The molecule has 1 rings (SSSR count). The predicted octanol–water partition coefficient (Wildman–Crippen LogP) is -0.451.